The Bertz CT molecular complexity index is 810. The molecule has 0 radical (unpaired) electrons. The number of carbonyl (C=O) groups is 3. The van der Waals surface area contributed by atoms with Crippen LogP contribution in [0.15, 0.2) is 28.7 Å². The van der Waals surface area contributed by atoms with Gasteiger partial charge in [0.2, 0.25) is 5.76 Å². The van der Waals surface area contributed by atoms with E-state index < -0.39 is 24.5 Å². The van der Waals surface area contributed by atoms with Gasteiger partial charge in [-0.25, -0.2) is 9.59 Å². The van der Waals surface area contributed by atoms with Crippen molar-refractivity contribution in [1.29, 1.82) is 0 Å². The first-order valence-corrected chi connectivity index (χ1v) is 8.35. The van der Waals surface area contributed by atoms with Gasteiger partial charge in [0.05, 0.1) is 0 Å². The number of benzene rings is 1. The summed E-state index contributed by atoms with van der Waals surface area (Å²) in [7, 11) is 0. The number of esters is 1. The molecule has 1 aliphatic carbocycles. The van der Waals surface area contributed by atoms with Gasteiger partial charge in [-0.2, -0.15) is 0 Å². The lowest BCUT2D eigenvalue weighted by Crippen LogP contribution is -2.44. The lowest BCUT2D eigenvalue weighted by molar-refractivity contribution is -0.123. The number of amides is 3. The summed E-state index contributed by atoms with van der Waals surface area (Å²) in [4.78, 5) is 35.3. The zero-order chi connectivity index (χ0) is 17.8. The number of furan rings is 1. The van der Waals surface area contributed by atoms with Gasteiger partial charge in [-0.05, 0) is 37.1 Å². The first-order chi connectivity index (χ1) is 12.0. The Labute approximate surface area is 148 Å². The third-order valence-corrected chi connectivity index (χ3v) is 4.19. The maximum absolute atomic E-state index is 11.9. The van der Waals surface area contributed by atoms with Crippen LogP contribution >= 0.6 is 11.6 Å². The third-order valence-electron chi connectivity index (χ3n) is 3.96. The van der Waals surface area contributed by atoms with Crippen LogP contribution in [0.3, 0.4) is 0 Å². The number of halogens is 1. The van der Waals surface area contributed by atoms with E-state index in [-0.39, 0.29) is 11.8 Å². The van der Waals surface area contributed by atoms with Crippen molar-refractivity contribution < 1.29 is 23.5 Å². The topological polar surface area (TPSA) is 97.6 Å². The molecule has 0 bridgehead atoms. The average molecular weight is 365 g/mol. The van der Waals surface area contributed by atoms with Crippen molar-refractivity contribution >= 4 is 40.5 Å². The molecule has 1 aromatic carbocycles. The minimum atomic E-state index is -0.793. The summed E-state index contributed by atoms with van der Waals surface area (Å²) in [5.41, 5.74) is 0.483. The Morgan fingerprint density at radius 1 is 1.20 bits per heavy atom. The monoisotopic (exact) mass is 364 g/mol. The highest BCUT2D eigenvalue weighted by Gasteiger charge is 2.19. The maximum atomic E-state index is 11.9. The van der Waals surface area contributed by atoms with E-state index in [1.165, 1.54) is 6.07 Å². The molecule has 1 fully saturated rings. The molecule has 2 aromatic rings. The summed E-state index contributed by atoms with van der Waals surface area (Å²) in [6.45, 7) is -0.575. The highest BCUT2D eigenvalue weighted by Crippen LogP contribution is 2.23. The molecule has 0 atom stereocenters. The molecule has 0 spiro atoms. The van der Waals surface area contributed by atoms with Gasteiger partial charge < -0.3 is 14.5 Å². The highest BCUT2D eigenvalue weighted by atomic mass is 35.5. The smallest absolute Gasteiger partial charge is 0.374 e. The Balaban J connectivity index is 1.48. The molecular formula is C17H17ClN2O5. The quantitative estimate of drug-likeness (QED) is 0.813. The summed E-state index contributed by atoms with van der Waals surface area (Å²) >= 11 is 5.87. The van der Waals surface area contributed by atoms with Gasteiger partial charge >= 0.3 is 12.0 Å². The van der Waals surface area contributed by atoms with Crippen LogP contribution in [-0.2, 0) is 9.53 Å². The molecule has 3 amide bonds. The maximum Gasteiger partial charge on any atom is 0.374 e. The lowest BCUT2D eigenvalue weighted by atomic mass is 10.2. The average Bonchev–Trinajstić information content (AvgIpc) is 3.21. The fourth-order valence-corrected chi connectivity index (χ4v) is 2.95. The van der Waals surface area contributed by atoms with Crippen LogP contribution in [0.4, 0.5) is 4.79 Å². The van der Waals surface area contributed by atoms with Crippen molar-refractivity contribution in [3.8, 4) is 0 Å². The fourth-order valence-electron chi connectivity index (χ4n) is 2.77. The molecule has 8 heteroatoms. The molecule has 0 saturated heterocycles. The van der Waals surface area contributed by atoms with Crippen molar-refractivity contribution in [2.24, 2.45) is 0 Å². The molecule has 132 valence electrons. The number of imide groups is 1. The lowest BCUT2D eigenvalue weighted by Gasteiger charge is -2.12. The van der Waals surface area contributed by atoms with Crippen LogP contribution in [0.2, 0.25) is 5.02 Å². The van der Waals surface area contributed by atoms with E-state index in [0.717, 1.165) is 25.7 Å². The predicted octanol–water partition coefficient (Wildman–Crippen LogP) is 3.01. The van der Waals surface area contributed by atoms with E-state index in [2.05, 4.69) is 10.6 Å². The van der Waals surface area contributed by atoms with E-state index in [9.17, 15) is 14.4 Å². The number of nitrogens with one attached hydrogen (secondary N) is 2. The van der Waals surface area contributed by atoms with Gasteiger partial charge in [0, 0.05) is 16.5 Å². The number of hydrogen-bond acceptors (Lipinski definition) is 5. The second kappa shape index (κ2) is 7.57. The Morgan fingerprint density at radius 3 is 2.72 bits per heavy atom. The highest BCUT2D eigenvalue weighted by molar-refractivity contribution is 6.31. The largest absolute Gasteiger partial charge is 0.450 e. The van der Waals surface area contributed by atoms with Crippen LogP contribution in [0.5, 0.6) is 0 Å². The van der Waals surface area contributed by atoms with Crippen LogP contribution in [0.25, 0.3) is 11.0 Å². The van der Waals surface area contributed by atoms with Crippen molar-refractivity contribution in [2.45, 2.75) is 31.7 Å². The molecule has 2 N–H and O–H groups in total. The summed E-state index contributed by atoms with van der Waals surface area (Å²) < 4.78 is 10.2. The number of fused-ring (bicyclic) bond motifs is 1. The van der Waals surface area contributed by atoms with Gasteiger partial charge in [0.25, 0.3) is 5.91 Å². The molecule has 0 aliphatic heterocycles. The van der Waals surface area contributed by atoms with E-state index in [1.54, 1.807) is 18.2 Å². The van der Waals surface area contributed by atoms with Crippen LogP contribution in [0.1, 0.15) is 36.2 Å². The van der Waals surface area contributed by atoms with Crippen molar-refractivity contribution in [3.05, 3.63) is 35.0 Å². The van der Waals surface area contributed by atoms with Crippen molar-refractivity contribution in [1.82, 2.24) is 10.6 Å². The number of carbonyl (C=O) groups excluding carboxylic acids is 3. The summed E-state index contributed by atoms with van der Waals surface area (Å²) in [5.74, 6) is -1.54. The van der Waals surface area contributed by atoms with Gasteiger partial charge in [-0.1, -0.05) is 24.4 Å². The van der Waals surface area contributed by atoms with Gasteiger partial charge in [0.1, 0.15) is 5.58 Å². The Morgan fingerprint density at radius 2 is 1.96 bits per heavy atom. The molecule has 1 aromatic heterocycles. The minimum absolute atomic E-state index is 0.0412. The van der Waals surface area contributed by atoms with Crippen LogP contribution in [0, 0.1) is 0 Å². The molecular weight excluding hydrogens is 348 g/mol. The molecule has 0 unspecified atom stereocenters. The van der Waals surface area contributed by atoms with E-state index >= 15 is 0 Å². The second-order valence-electron chi connectivity index (χ2n) is 5.87. The first-order valence-electron chi connectivity index (χ1n) is 7.98. The molecule has 1 heterocycles. The van der Waals surface area contributed by atoms with Crippen LogP contribution in [-0.4, -0.2) is 30.6 Å². The molecule has 1 saturated carbocycles. The molecule has 7 nitrogen and oxygen atoms in total. The van der Waals surface area contributed by atoms with Gasteiger partial charge in [0.15, 0.2) is 6.61 Å². The number of hydrogen-bond donors (Lipinski definition) is 2. The zero-order valence-electron chi connectivity index (χ0n) is 13.3. The number of rotatable bonds is 4. The predicted molar refractivity (Wildman–Crippen MR) is 90.4 cm³/mol. The SMILES string of the molecule is O=C(COC(=O)c1cc2cc(Cl)ccc2o1)NC(=O)NC1CCCC1. The summed E-state index contributed by atoms with van der Waals surface area (Å²) in [6, 6.07) is 5.92. The number of ether oxygens (including phenoxy) is 1. The molecule has 3 rings (SSSR count). The fraction of sp³-hybridized carbons (Fsp3) is 0.353. The second-order valence-corrected chi connectivity index (χ2v) is 6.31. The number of urea groups is 1. The van der Waals surface area contributed by atoms with Crippen LogP contribution < -0.4 is 10.6 Å². The minimum Gasteiger partial charge on any atom is -0.450 e. The Kier molecular flexibility index (Phi) is 5.23. The van der Waals surface area contributed by atoms with E-state index in [0.29, 0.717) is 16.0 Å². The molecule has 25 heavy (non-hydrogen) atoms. The third kappa shape index (κ3) is 4.51. The van der Waals surface area contributed by atoms with Gasteiger partial charge in [-0.15, -0.1) is 0 Å². The van der Waals surface area contributed by atoms with Crippen molar-refractivity contribution in [2.75, 3.05) is 6.61 Å². The van der Waals surface area contributed by atoms with Gasteiger partial charge in [-0.3, -0.25) is 10.1 Å². The Hall–Kier alpha value is -2.54. The first kappa shape index (κ1) is 17.3. The molecule has 1 aliphatic rings. The normalized spacial score (nSPS) is 14.4. The van der Waals surface area contributed by atoms with E-state index in [1.807, 2.05) is 0 Å². The standard InChI is InChI=1S/C17H17ClN2O5/c18-11-5-6-13-10(7-11)8-14(25-13)16(22)24-9-15(21)20-17(23)19-12-3-1-2-4-12/h5-8,12H,1-4,9H2,(H2,19,20,21,23). The zero-order valence-corrected chi connectivity index (χ0v) is 14.1. The van der Waals surface area contributed by atoms with E-state index in [4.69, 9.17) is 20.8 Å². The summed E-state index contributed by atoms with van der Waals surface area (Å²) in [6.07, 6.45) is 3.96. The van der Waals surface area contributed by atoms with Crippen molar-refractivity contribution in [3.63, 3.8) is 0 Å². The summed E-state index contributed by atoms with van der Waals surface area (Å²) in [5, 5.41) is 6.01.